The average molecular weight is 263 g/mol. The molecule has 1 aliphatic carbocycles. The van der Waals surface area contributed by atoms with Crippen molar-refractivity contribution in [1.29, 1.82) is 0 Å². The van der Waals surface area contributed by atoms with E-state index in [1.807, 2.05) is 0 Å². The lowest BCUT2D eigenvalue weighted by molar-refractivity contribution is 0.984. The van der Waals surface area contributed by atoms with Crippen LogP contribution in [-0.4, -0.2) is 70.6 Å². The predicted molar refractivity (Wildman–Crippen MR) is 123 cm³/mol. The second-order valence-corrected chi connectivity index (χ2v) is 7.08. The maximum Gasteiger partial charge on any atom is 0.139 e. The van der Waals surface area contributed by atoms with E-state index in [4.69, 9.17) is 0 Å². The molecule has 0 bridgehead atoms. The highest BCUT2D eigenvalue weighted by molar-refractivity contribution is 6.59. The molecule has 0 N–H and O–H groups in total. The summed E-state index contributed by atoms with van der Waals surface area (Å²) < 4.78 is 0. The first-order valence-corrected chi connectivity index (χ1v) is 8.14. The van der Waals surface area contributed by atoms with E-state index in [0.717, 1.165) is 0 Å². The molecule has 2 rings (SSSR count). The predicted octanol–water partition coefficient (Wildman–Crippen LogP) is -8.60. The summed E-state index contributed by atoms with van der Waals surface area (Å²) in [6.07, 6.45) is 0. The minimum absolute atomic E-state index is 0.628. The maximum atomic E-state index is 2.38. The van der Waals surface area contributed by atoms with Crippen LogP contribution >= 0.6 is 0 Å². The Morgan fingerprint density at radius 1 is 0.667 bits per heavy atom. The first-order valence-electron chi connectivity index (χ1n) is 8.14. The normalized spacial score (nSPS) is 22.7. The summed E-state index contributed by atoms with van der Waals surface area (Å²) in [6, 6.07) is 2.32. The van der Waals surface area contributed by atoms with Crippen molar-refractivity contribution >= 4 is 98.0 Å². The van der Waals surface area contributed by atoms with E-state index in [0.29, 0.717) is 11.6 Å². The Bertz CT molecular complexity index is 648. The fraction of sp³-hybridized carbons (Fsp3) is 0.167. The van der Waals surface area contributed by atoms with Gasteiger partial charge in [-0.15, -0.1) is 10.9 Å². The largest absolute Gasteiger partial charge is 0.139 e. The summed E-state index contributed by atoms with van der Waals surface area (Å²) >= 11 is 0. The van der Waals surface area contributed by atoms with Gasteiger partial charge < -0.3 is 0 Å². The first kappa shape index (κ1) is 16.7. The molecule has 9 heteroatoms. The van der Waals surface area contributed by atoms with E-state index in [2.05, 4.69) is 76.7 Å². The number of hydrogen-bond donors (Lipinski definition) is 0. The third-order valence-corrected chi connectivity index (χ3v) is 6.09. The molecule has 0 spiro atoms. The Hall–Kier alpha value is -0.716. The number of rotatable bonds is 1. The van der Waals surface area contributed by atoms with E-state index in [1.165, 1.54) is 38.5 Å². The third kappa shape index (κ3) is 2.58. The van der Waals surface area contributed by atoms with Gasteiger partial charge in [0, 0.05) is 0 Å². The molecule has 1 aromatic rings. The van der Waals surface area contributed by atoms with Crippen LogP contribution < -0.4 is 21.9 Å². The van der Waals surface area contributed by atoms with E-state index >= 15 is 0 Å². The molecular weight excluding hydrogens is 241 g/mol. The molecule has 0 fully saturated rings. The van der Waals surface area contributed by atoms with Crippen LogP contribution in [0.1, 0.15) is 5.56 Å². The zero-order valence-electron chi connectivity index (χ0n) is 15.2. The van der Waals surface area contributed by atoms with Gasteiger partial charge in [0.1, 0.15) is 70.6 Å². The molecule has 1 aliphatic rings. The van der Waals surface area contributed by atoms with Crippen molar-refractivity contribution in [3.8, 4) is 0 Å². The van der Waals surface area contributed by atoms with Crippen LogP contribution in [0.15, 0.2) is 22.5 Å². The van der Waals surface area contributed by atoms with Crippen LogP contribution in [0.2, 0.25) is 11.6 Å². The van der Waals surface area contributed by atoms with Crippen molar-refractivity contribution in [3.63, 3.8) is 0 Å². The summed E-state index contributed by atoms with van der Waals surface area (Å²) in [6.45, 7) is 0. The third-order valence-electron chi connectivity index (χ3n) is 6.09. The lowest BCUT2D eigenvalue weighted by atomic mass is 9.46. The van der Waals surface area contributed by atoms with Crippen molar-refractivity contribution in [1.82, 2.24) is 0 Å². The van der Waals surface area contributed by atoms with E-state index in [9.17, 15) is 0 Å². The second kappa shape index (κ2) is 5.82. The van der Waals surface area contributed by atoms with E-state index in [1.54, 1.807) is 10.9 Å². The van der Waals surface area contributed by atoms with Gasteiger partial charge in [0.25, 0.3) is 0 Å². The number of allylic oxidation sites excluding steroid dienone is 4. The monoisotopic (exact) mass is 264 g/mol. The Morgan fingerprint density at radius 2 is 1.10 bits per heavy atom. The summed E-state index contributed by atoms with van der Waals surface area (Å²) in [7, 11) is 20.7. The van der Waals surface area contributed by atoms with Crippen LogP contribution in [0.3, 0.4) is 0 Å². The lowest BCUT2D eigenvalue weighted by Crippen LogP contribution is -2.44. The fourth-order valence-corrected chi connectivity index (χ4v) is 3.79. The van der Waals surface area contributed by atoms with Crippen LogP contribution in [0.25, 0.3) is 5.57 Å². The smallest absolute Gasteiger partial charge is 0.120 e. The molecule has 0 amide bonds. The van der Waals surface area contributed by atoms with Gasteiger partial charge in [-0.25, -0.2) is 0 Å². The first-order chi connectivity index (χ1) is 9.68. The summed E-state index contributed by atoms with van der Waals surface area (Å²) in [5, 5.41) is 0. The Morgan fingerprint density at radius 3 is 1.57 bits per heavy atom. The quantitative estimate of drug-likeness (QED) is 0.441. The van der Waals surface area contributed by atoms with E-state index < -0.39 is 0 Å². The summed E-state index contributed by atoms with van der Waals surface area (Å²) in [5.74, 6) is 1.28. The highest BCUT2D eigenvalue weighted by Gasteiger charge is 2.27. The molecule has 21 heavy (non-hydrogen) atoms. The number of benzene rings is 1. The molecular formula is C12H21B9. The molecule has 0 radical (unpaired) electrons. The molecule has 0 aromatic heterocycles. The lowest BCUT2D eigenvalue weighted by Gasteiger charge is -2.35. The molecule has 2 atom stereocenters. The zero-order valence-corrected chi connectivity index (χ0v) is 15.2. The van der Waals surface area contributed by atoms with Gasteiger partial charge >= 0.3 is 0 Å². The summed E-state index contributed by atoms with van der Waals surface area (Å²) in [4.78, 5) is 0. The molecule has 96 valence electrons. The van der Waals surface area contributed by atoms with Gasteiger partial charge in [-0.05, 0) is 11.1 Å². The van der Waals surface area contributed by atoms with Crippen LogP contribution in [0.4, 0.5) is 0 Å². The maximum absolute atomic E-state index is 2.38. The standard InChI is InChI=1S/C12H21B9/c13-2-1-3(14)7(16)4(6(2)15)5-8(17)10(19)12(21)11(20)9(5)18/h1,10,12H,13-21H2. The van der Waals surface area contributed by atoms with Crippen LogP contribution in [-0.2, 0) is 0 Å². The average Bonchev–Trinajstić information content (AvgIpc) is 2.44. The molecule has 0 saturated carbocycles. The highest BCUT2D eigenvalue weighted by atomic mass is 14.2. The Balaban J connectivity index is 2.84. The van der Waals surface area contributed by atoms with Crippen molar-refractivity contribution in [3.05, 3.63) is 28.0 Å². The highest BCUT2D eigenvalue weighted by Crippen LogP contribution is 2.42. The minimum atomic E-state index is 0.628. The van der Waals surface area contributed by atoms with Gasteiger partial charge in [0.05, 0.1) is 0 Å². The molecule has 0 saturated heterocycles. The van der Waals surface area contributed by atoms with Crippen LogP contribution in [0, 0.1) is 0 Å². The minimum Gasteiger partial charge on any atom is -0.120 e. The molecule has 0 aliphatic heterocycles. The SMILES string of the molecule is BC1=C(B)C(B)C(B)C(B)=C1c1c(B)c(B)cc(B)c1B. The molecule has 1 aromatic carbocycles. The molecule has 0 heterocycles. The fourth-order valence-electron chi connectivity index (χ4n) is 3.79. The zero-order chi connectivity index (χ0) is 16.1. The Kier molecular flexibility index (Phi) is 4.61. The van der Waals surface area contributed by atoms with Crippen molar-refractivity contribution in [2.24, 2.45) is 0 Å². The van der Waals surface area contributed by atoms with Gasteiger partial charge in [-0.2, -0.15) is 0 Å². The number of hydrogen-bond acceptors (Lipinski definition) is 0. The van der Waals surface area contributed by atoms with Crippen LogP contribution in [0.5, 0.6) is 0 Å². The van der Waals surface area contributed by atoms with Crippen molar-refractivity contribution in [2.75, 3.05) is 0 Å². The van der Waals surface area contributed by atoms with Gasteiger partial charge in [-0.3, -0.25) is 0 Å². The van der Waals surface area contributed by atoms with Gasteiger partial charge in [0.15, 0.2) is 0 Å². The molecule has 2 unspecified atom stereocenters. The van der Waals surface area contributed by atoms with Gasteiger partial charge in [-0.1, -0.05) is 45.0 Å². The Labute approximate surface area is 138 Å². The summed E-state index contributed by atoms with van der Waals surface area (Å²) in [5.41, 5.74) is 13.3. The molecule has 0 nitrogen and oxygen atoms in total. The van der Waals surface area contributed by atoms with Crippen molar-refractivity contribution < 1.29 is 0 Å². The van der Waals surface area contributed by atoms with E-state index in [-0.39, 0.29) is 0 Å². The van der Waals surface area contributed by atoms with Crippen molar-refractivity contribution in [2.45, 2.75) is 11.6 Å². The topological polar surface area (TPSA) is 0 Å². The second-order valence-electron chi connectivity index (χ2n) is 7.08. The van der Waals surface area contributed by atoms with Gasteiger partial charge in [0.2, 0.25) is 0 Å².